The Labute approximate surface area is 111 Å². The van der Waals surface area contributed by atoms with E-state index in [4.69, 9.17) is 10.5 Å². The first-order valence-electron chi connectivity index (χ1n) is 6.96. The summed E-state index contributed by atoms with van der Waals surface area (Å²) in [6, 6.07) is 4.02. The quantitative estimate of drug-likeness (QED) is 0.770. The third-order valence-corrected chi connectivity index (χ3v) is 3.24. The van der Waals surface area contributed by atoms with Crippen LogP contribution in [-0.2, 0) is 4.74 Å². The van der Waals surface area contributed by atoms with Crippen molar-refractivity contribution in [3.05, 3.63) is 30.1 Å². The van der Waals surface area contributed by atoms with Crippen LogP contribution in [0.5, 0.6) is 0 Å². The fourth-order valence-corrected chi connectivity index (χ4v) is 2.08. The van der Waals surface area contributed by atoms with Gasteiger partial charge in [0.15, 0.2) is 0 Å². The lowest BCUT2D eigenvalue weighted by Crippen LogP contribution is -2.30. The normalized spacial score (nSPS) is 16.2. The Morgan fingerprint density at radius 1 is 1.28 bits per heavy atom. The largest absolute Gasteiger partial charge is 0.372 e. The molecule has 3 nitrogen and oxygen atoms in total. The number of ether oxygens (including phenoxy) is 1. The molecule has 0 saturated heterocycles. The molecular weight excluding hydrogens is 224 g/mol. The van der Waals surface area contributed by atoms with E-state index in [1.165, 1.54) is 12.8 Å². The van der Waals surface area contributed by atoms with Crippen molar-refractivity contribution in [2.45, 2.75) is 52.2 Å². The molecule has 3 unspecified atom stereocenters. The lowest BCUT2D eigenvalue weighted by molar-refractivity contribution is 0.0131. The van der Waals surface area contributed by atoms with Gasteiger partial charge in [-0.05, 0) is 36.5 Å². The lowest BCUT2D eigenvalue weighted by Gasteiger charge is -2.25. The average Bonchev–Trinajstić information content (AvgIpc) is 2.40. The van der Waals surface area contributed by atoms with Crippen molar-refractivity contribution >= 4 is 0 Å². The van der Waals surface area contributed by atoms with Crippen LogP contribution in [0.3, 0.4) is 0 Å². The van der Waals surface area contributed by atoms with Crippen LogP contribution in [0, 0.1) is 5.92 Å². The smallest absolute Gasteiger partial charge is 0.0976 e. The molecule has 0 aromatic carbocycles. The summed E-state index contributed by atoms with van der Waals surface area (Å²) in [7, 11) is 0. The number of hydrogen-bond donors (Lipinski definition) is 1. The minimum absolute atomic E-state index is 0.0164. The molecule has 18 heavy (non-hydrogen) atoms. The number of pyridine rings is 1. The third-order valence-electron chi connectivity index (χ3n) is 3.24. The van der Waals surface area contributed by atoms with Crippen LogP contribution in [0.4, 0.5) is 0 Å². The maximum atomic E-state index is 6.16. The van der Waals surface area contributed by atoms with Crippen LogP contribution in [0.25, 0.3) is 0 Å². The summed E-state index contributed by atoms with van der Waals surface area (Å²) in [5.74, 6) is 0.586. The predicted molar refractivity (Wildman–Crippen MR) is 75.3 cm³/mol. The van der Waals surface area contributed by atoms with Crippen molar-refractivity contribution in [1.29, 1.82) is 0 Å². The van der Waals surface area contributed by atoms with Crippen molar-refractivity contribution in [3.8, 4) is 0 Å². The maximum absolute atomic E-state index is 6.16. The second kappa shape index (κ2) is 8.22. The number of rotatable bonds is 8. The molecule has 2 N–H and O–H groups in total. The molecule has 0 fully saturated rings. The summed E-state index contributed by atoms with van der Waals surface area (Å²) in [4.78, 5) is 4.04. The molecule has 0 radical (unpaired) electrons. The molecule has 3 atom stereocenters. The van der Waals surface area contributed by atoms with E-state index in [2.05, 4.69) is 25.8 Å². The van der Waals surface area contributed by atoms with Gasteiger partial charge in [0.2, 0.25) is 0 Å². The Hall–Kier alpha value is -0.930. The van der Waals surface area contributed by atoms with Crippen molar-refractivity contribution in [2.24, 2.45) is 11.7 Å². The zero-order valence-electron chi connectivity index (χ0n) is 11.8. The molecule has 0 amide bonds. The number of hydrogen-bond acceptors (Lipinski definition) is 3. The Balaban J connectivity index is 2.62. The highest BCUT2D eigenvalue weighted by Crippen LogP contribution is 2.23. The predicted octanol–water partition coefficient (Wildman–Crippen LogP) is 3.31. The summed E-state index contributed by atoms with van der Waals surface area (Å²) in [6.45, 7) is 7.30. The van der Waals surface area contributed by atoms with Gasteiger partial charge in [0, 0.05) is 18.4 Å². The summed E-state index contributed by atoms with van der Waals surface area (Å²) in [5, 5.41) is 0. The Morgan fingerprint density at radius 2 is 1.94 bits per heavy atom. The molecule has 0 bridgehead atoms. The molecule has 0 aliphatic heterocycles. The van der Waals surface area contributed by atoms with Gasteiger partial charge < -0.3 is 10.5 Å². The van der Waals surface area contributed by atoms with Gasteiger partial charge in [0.25, 0.3) is 0 Å². The molecule has 1 aromatic heterocycles. The maximum Gasteiger partial charge on any atom is 0.0976 e. The molecule has 0 saturated carbocycles. The zero-order valence-corrected chi connectivity index (χ0v) is 11.8. The van der Waals surface area contributed by atoms with Crippen LogP contribution >= 0.6 is 0 Å². The van der Waals surface area contributed by atoms with Crippen molar-refractivity contribution < 1.29 is 4.74 Å². The van der Waals surface area contributed by atoms with E-state index in [0.717, 1.165) is 18.6 Å². The monoisotopic (exact) mass is 250 g/mol. The second-order valence-electron chi connectivity index (χ2n) is 5.00. The zero-order chi connectivity index (χ0) is 13.4. The van der Waals surface area contributed by atoms with Gasteiger partial charge in [0.05, 0.1) is 12.7 Å². The van der Waals surface area contributed by atoms with E-state index < -0.39 is 0 Å². The second-order valence-corrected chi connectivity index (χ2v) is 5.00. The molecule has 1 heterocycles. The van der Waals surface area contributed by atoms with Crippen molar-refractivity contribution in [2.75, 3.05) is 6.61 Å². The van der Waals surface area contributed by atoms with Gasteiger partial charge in [-0.2, -0.15) is 0 Å². The van der Waals surface area contributed by atoms with E-state index in [0.29, 0.717) is 5.92 Å². The highest BCUT2D eigenvalue weighted by molar-refractivity contribution is 5.15. The first kappa shape index (κ1) is 15.1. The van der Waals surface area contributed by atoms with Crippen LogP contribution < -0.4 is 5.73 Å². The van der Waals surface area contributed by atoms with Gasteiger partial charge in [-0.25, -0.2) is 0 Å². The van der Waals surface area contributed by atoms with E-state index in [1.54, 1.807) is 12.4 Å². The lowest BCUT2D eigenvalue weighted by atomic mass is 10.0. The Morgan fingerprint density at radius 3 is 2.50 bits per heavy atom. The number of aromatic nitrogens is 1. The van der Waals surface area contributed by atoms with Crippen molar-refractivity contribution in [1.82, 2.24) is 4.98 Å². The Kier molecular flexibility index (Phi) is 6.91. The van der Waals surface area contributed by atoms with E-state index >= 15 is 0 Å². The molecule has 3 heteroatoms. The van der Waals surface area contributed by atoms with Crippen LogP contribution in [0.15, 0.2) is 24.5 Å². The number of nitrogens with zero attached hydrogens (tertiary/aromatic N) is 1. The topological polar surface area (TPSA) is 48.1 Å². The van der Waals surface area contributed by atoms with Gasteiger partial charge in [-0.1, -0.05) is 27.2 Å². The van der Waals surface area contributed by atoms with Crippen LogP contribution in [0.2, 0.25) is 0 Å². The average molecular weight is 250 g/mol. The SMILES string of the molecule is CCCC(C)COC(c1ccncc1)C(N)CC. The fourth-order valence-electron chi connectivity index (χ4n) is 2.08. The summed E-state index contributed by atoms with van der Waals surface area (Å²) in [6.07, 6.45) is 6.88. The highest BCUT2D eigenvalue weighted by Gasteiger charge is 2.19. The third kappa shape index (κ3) is 4.75. The summed E-state index contributed by atoms with van der Waals surface area (Å²) in [5.41, 5.74) is 7.29. The first-order chi connectivity index (χ1) is 8.69. The van der Waals surface area contributed by atoms with Crippen LogP contribution in [-0.4, -0.2) is 17.6 Å². The number of nitrogens with two attached hydrogens (primary N) is 1. The van der Waals surface area contributed by atoms with Crippen LogP contribution in [0.1, 0.15) is 51.7 Å². The van der Waals surface area contributed by atoms with Gasteiger partial charge in [-0.3, -0.25) is 4.98 Å². The molecule has 102 valence electrons. The minimum Gasteiger partial charge on any atom is -0.372 e. The highest BCUT2D eigenvalue weighted by atomic mass is 16.5. The summed E-state index contributed by atoms with van der Waals surface area (Å²) >= 11 is 0. The molecule has 1 rings (SSSR count). The van der Waals surface area contributed by atoms with E-state index in [-0.39, 0.29) is 12.1 Å². The van der Waals surface area contributed by atoms with Crippen molar-refractivity contribution in [3.63, 3.8) is 0 Å². The Bertz CT molecular complexity index is 316. The first-order valence-corrected chi connectivity index (χ1v) is 6.96. The van der Waals surface area contributed by atoms with E-state index in [1.807, 2.05) is 12.1 Å². The standard InChI is InChI=1S/C15H26N2O/c1-4-6-12(3)11-18-15(14(16)5-2)13-7-9-17-10-8-13/h7-10,12,14-15H,4-6,11,16H2,1-3H3. The summed E-state index contributed by atoms with van der Waals surface area (Å²) < 4.78 is 6.04. The molecular formula is C15H26N2O. The van der Waals surface area contributed by atoms with E-state index in [9.17, 15) is 0 Å². The molecule has 0 aliphatic carbocycles. The molecule has 0 aliphatic rings. The minimum atomic E-state index is -0.0164. The molecule has 1 aromatic rings. The van der Waals surface area contributed by atoms with Gasteiger partial charge in [-0.15, -0.1) is 0 Å². The van der Waals surface area contributed by atoms with Gasteiger partial charge in [0.1, 0.15) is 0 Å². The fraction of sp³-hybridized carbons (Fsp3) is 0.667. The molecule has 0 spiro atoms. The van der Waals surface area contributed by atoms with Gasteiger partial charge >= 0.3 is 0 Å².